The van der Waals surface area contributed by atoms with Crippen LogP contribution in [0.15, 0.2) is 12.1 Å². The van der Waals surface area contributed by atoms with Crippen LogP contribution in [0, 0.1) is 18.3 Å². The number of nitrogens with zero attached hydrogens (tertiary/aromatic N) is 2. The molecule has 0 aliphatic carbocycles. The van der Waals surface area contributed by atoms with Crippen molar-refractivity contribution in [3.8, 4) is 6.07 Å². The van der Waals surface area contributed by atoms with Gasteiger partial charge in [-0.2, -0.15) is 28.8 Å². The number of nitrogens with one attached hydrogen (secondary N) is 1. The number of hydrogen-bond donors (Lipinski definition) is 1. The molecule has 0 amide bonds. The van der Waals surface area contributed by atoms with E-state index in [-0.39, 0.29) is 0 Å². The van der Waals surface area contributed by atoms with Gasteiger partial charge in [0.05, 0.1) is 11.6 Å². The van der Waals surface area contributed by atoms with E-state index in [1.807, 2.05) is 36.5 Å². The van der Waals surface area contributed by atoms with Gasteiger partial charge in [-0.15, -0.1) is 0 Å². The SMILES string of the molecule is Cc1cc(C#N)cc(NCC2CSCCS2)n1. The fraction of sp³-hybridized carbons (Fsp3) is 0.500. The maximum Gasteiger partial charge on any atom is 0.127 e. The fourth-order valence-electron chi connectivity index (χ4n) is 1.70. The largest absolute Gasteiger partial charge is 0.369 e. The molecule has 1 aromatic heterocycles. The van der Waals surface area contributed by atoms with E-state index in [0.717, 1.165) is 18.1 Å². The minimum Gasteiger partial charge on any atom is -0.369 e. The number of pyridine rings is 1. The number of hydrogen-bond acceptors (Lipinski definition) is 5. The van der Waals surface area contributed by atoms with E-state index < -0.39 is 0 Å². The molecule has 90 valence electrons. The molecule has 0 radical (unpaired) electrons. The van der Waals surface area contributed by atoms with Gasteiger partial charge in [0, 0.05) is 34.7 Å². The summed E-state index contributed by atoms with van der Waals surface area (Å²) in [5, 5.41) is 12.9. The Morgan fingerprint density at radius 1 is 1.53 bits per heavy atom. The Hall–Kier alpha value is -0.860. The molecule has 0 saturated carbocycles. The molecule has 1 atom stereocenters. The van der Waals surface area contributed by atoms with Crippen molar-refractivity contribution >= 4 is 29.3 Å². The van der Waals surface area contributed by atoms with E-state index in [1.165, 1.54) is 17.3 Å². The van der Waals surface area contributed by atoms with Gasteiger partial charge in [-0.05, 0) is 19.1 Å². The lowest BCUT2D eigenvalue weighted by atomic mass is 10.2. The molecule has 1 fully saturated rings. The fourth-order valence-corrected chi connectivity index (χ4v) is 4.31. The summed E-state index contributed by atoms with van der Waals surface area (Å²) in [6.45, 7) is 2.84. The van der Waals surface area contributed by atoms with Crippen molar-refractivity contribution in [2.75, 3.05) is 29.1 Å². The summed E-state index contributed by atoms with van der Waals surface area (Å²) < 4.78 is 0. The van der Waals surface area contributed by atoms with Crippen molar-refractivity contribution in [3.63, 3.8) is 0 Å². The van der Waals surface area contributed by atoms with Crippen LogP contribution in [-0.4, -0.2) is 34.0 Å². The summed E-state index contributed by atoms with van der Waals surface area (Å²) in [5.74, 6) is 4.52. The minimum atomic E-state index is 0.654. The average Bonchev–Trinajstić information content (AvgIpc) is 2.37. The summed E-state index contributed by atoms with van der Waals surface area (Å²) in [7, 11) is 0. The van der Waals surface area contributed by atoms with Gasteiger partial charge in [0.1, 0.15) is 5.82 Å². The van der Waals surface area contributed by atoms with Crippen LogP contribution < -0.4 is 5.32 Å². The molecule has 0 aromatic carbocycles. The third kappa shape index (κ3) is 3.83. The number of rotatable bonds is 3. The lowest BCUT2D eigenvalue weighted by molar-refractivity contribution is 0.988. The standard InChI is InChI=1S/C12H15N3S2/c1-9-4-10(6-13)5-12(15-9)14-7-11-8-16-2-3-17-11/h4-5,11H,2-3,7-8H2,1H3,(H,14,15). The molecule has 2 rings (SSSR count). The maximum absolute atomic E-state index is 8.89. The summed E-state index contributed by atoms with van der Waals surface area (Å²) in [6.07, 6.45) is 0. The number of aryl methyl sites for hydroxylation is 1. The van der Waals surface area contributed by atoms with Gasteiger partial charge in [0.2, 0.25) is 0 Å². The number of nitriles is 1. The van der Waals surface area contributed by atoms with Gasteiger partial charge in [-0.3, -0.25) is 0 Å². The first-order valence-electron chi connectivity index (χ1n) is 5.60. The van der Waals surface area contributed by atoms with Gasteiger partial charge < -0.3 is 5.32 Å². The molecule has 1 saturated heterocycles. The van der Waals surface area contributed by atoms with E-state index >= 15 is 0 Å². The Morgan fingerprint density at radius 3 is 3.12 bits per heavy atom. The van der Waals surface area contributed by atoms with Crippen LogP contribution in [0.4, 0.5) is 5.82 Å². The Kier molecular flexibility index (Phi) is 4.57. The highest BCUT2D eigenvalue weighted by atomic mass is 32.2. The average molecular weight is 265 g/mol. The van der Waals surface area contributed by atoms with E-state index in [1.54, 1.807) is 6.07 Å². The zero-order chi connectivity index (χ0) is 12.1. The second-order valence-corrected chi connectivity index (χ2v) is 6.50. The zero-order valence-corrected chi connectivity index (χ0v) is 11.4. The lowest BCUT2D eigenvalue weighted by Gasteiger charge is -2.21. The van der Waals surface area contributed by atoms with Crippen LogP contribution in [0.2, 0.25) is 0 Å². The monoisotopic (exact) mass is 265 g/mol. The molecule has 3 nitrogen and oxygen atoms in total. The van der Waals surface area contributed by atoms with Crippen molar-refractivity contribution < 1.29 is 0 Å². The van der Waals surface area contributed by atoms with Crippen molar-refractivity contribution in [1.29, 1.82) is 5.26 Å². The van der Waals surface area contributed by atoms with E-state index in [2.05, 4.69) is 16.4 Å². The van der Waals surface area contributed by atoms with Gasteiger partial charge in [-0.1, -0.05) is 0 Å². The third-order valence-corrected chi connectivity index (χ3v) is 5.32. The Balaban J connectivity index is 1.94. The minimum absolute atomic E-state index is 0.654. The van der Waals surface area contributed by atoms with Gasteiger partial charge in [0.25, 0.3) is 0 Å². The molecular weight excluding hydrogens is 250 g/mol. The van der Waals surface area contributed by atoms with Crippen LogP contribution in [0.5, 0.6) is 0 Å². The quantitative estimate of drug-likeness (QED) is 0.910. The first-order chi connectivity index (χ1) is 8.28. The number of thioether (sulfide) groups is 2. The number of anilines is 1. The second kappa shape index (κ2) is 6.18. The Labute approximate surface area is 110 Å². The lowest BCUT2D eigenvalue weighted by Crippen LogP contribution is -2.23. The molecule has 1 aliphatic heterocycles. The highest BCUT2D eigenvalue weighted by molar-refractivity contribution is 8.06. The van der Waals surface area contributed by atoms with E-state index in [9.17, 15) is 0 Å². The summed E-state index contributed by atoms with van der Waals surface area (Å²) >= 11 is 4.04. The molecular formula is C12H15N3S2. The van der Waals surface area contributed by atoms with Gasteiger partial charge >= 0.3 is 0 Å². The molecule has 0 spiro atoms. The molecule has 0 bridgehead atoms. The predicted octanol–water partition coefficient (Wildman–Crippen LogP) is 2.52. The summed E-state index contributed by atoms with van der Waals surface area (Å²) in [5.41, 5.74) is 1.56. The van der Waals surface area contributed by atoms with Crippen molar-refractivity contribution in [2.45, 2.75) is 12.2 Å². The van der Waals surface area contributed by atoms with Crippen LogP contribution in [0.3, 0.4) is 0 Å². The van der Waals surface area contributed by atoms with Gasteiger partial charge in [0.15, 0.2) is 0 Å². The molecule has 1 N–H and O–H groups in total. The second-order valence-electron chi connectivity index (χ2n) is 3.94. The zero-order valence-electron chi connectivity index (χ0n) is 9.77. The van der Waals surface area contributed by atoms with E-state index in [0.29, 0.717) is 10.8 Å². The van der Waals surface area contributed by atoms with Crippen LogP contribution in [0.1, 0.15) is 11.3 Å². The molecule has 5 heteroatoms. The van der Waals surface area contributed by atoms with E-state index in [4.69, 9.17) is 5.26 Å². The smallest absolute Gasteiger partial charge is 0.127 e. The normalized spacial score (nSPS) is 19.6. The Bertz CT molecular complexity index is 422. The van der Waals surface area contributed by atoms with Crippen molar-refractivity contribution in [1.82, 2.24) is 4.98 Å². The number of aromatic nitrogens is 1. The van der Waals surface area contributed by atoms with Crippen LogP contribution >= 0.6 is 23.5 Å². The molecule has 1 unspecified atom stereocenters. The topological polar surface area (TPSA) is 48.7 Å². The van der Waals surface area contributed by atoms with Crippen molar-refractivity contribution in [2.24, 2.45) is 0 Å². The highest BCUT2D eigenvalue weighted by Crippen LogP contribution is 2.24. The van der Waals surface area contributed by atoms with Crippen molar-refractivity contribution in [3.05, 3.63) is 23.4 Å². The first-order valence-corrected chi connectivity index (χ1v) is 7.80. The summed E-state index contributed by atoms with van der Waals surface area (Å²) in [6, 6.07) is 5.77. The van der Waals surface area contributed by atoms with Crippen LogP contribution in [-0.2, 0) is 0 Å². The van der Waals surface area contributed by atoms with Crippen LogP contribution in [0.25, 0.3) is 0 Å². The highest BCUT2D eigenvalue weighted by Gasteiger charge is 2.14. The Morgan fingerprint density at radius 2 is 2.41 bits per heavy atom. The molecule has 1 aromatic rings. The molecule has 2 heterocycles. The summed E-state index contributed by atoms with van der Waals surface area (Å²) in [4.78, 5) is 4.39. The third-order valence-electron chi connectivity index (χ3n) is 2.48. The maximum atomic E-state index is 8.89. The molecule has 17 heavy (non-hydrogen) atoms. The predicted molar refractivity (Wildman–Crippen MR) is 75.7 cm³/mol. The van der Waals surface area contributed by atoms with Gasteiger partial charge in [-0.25, -0.2) is 4.98 Å². The first kappa shape index (κ1) is 12.6. The molecule has 1 aliphatic rings.